The Labute approximate surface area is 99.0 Å². The molecular formula is C11H16N2O4. The Hall–Kier alpha value is -1.66. The monoisotopic (exact) mass is 240 g/mol. The Kier molecular flexibility index (Phi) is 4.42. The summed E-state index contributed by atoms with van der Waals surface area (Å²) in [5.74, 6) is -0.677. The van der Waals surface area contributed by atoms with Crippen molar-refractivity contribution in [2.45, 2.75) is 26.1 Å². The fraction of sp³-hybridized carbons (Fsp3) is 0.455. The van der Waals surface area contributed by atoms with Gasteiger partial charge in [-0.25, -0.2) is 9.78 Å². The molecular weight excluding hydrogens is 224 g/mol. The third kappa shape index (κ3) is 3.15. The molecule has 6 heteroatoms. The first-order valence-electron chi connectivity index (χ1n) is 5.23. The van der Waals surface area contributed by atoms with Gasteiger partial charge in [0.05, 0.1) is 12.3 Å². The molecule has 1 heterocycles. The number of hydrogen-bond donors (Lipinski definition) is 3. The van der Waals surface area contributed by atoms with E-state index in [9.17, 15) is 15.0 Å². The molecule has 4 N–H and O–H groups in total. The first-order chi connectivity index (χ1) is 7.97. The van der Waals surface area contributed by atoms with Crippen LogP contribution in [0, 0.1) is 6.92 Å². The third-order valence-corrected chi connectivity index (χ3v) is 2.26. The molecule has 1 rings (SSSR count). The Morgan fingerprint density at radius 2 is 2.18 bits per heavy atom. The molecule has 17 heavy (non-hydrogen) atoms. The molecule has 0 aliphatic carbocycles. The number of carbonyl (C=O) groups is 1. The topological polar surface area (TPSA) is 106 Å². The van der Waals surface area contributed by atoms with Crippen LogP contribution in [0.4, 0.5) is 5.82 Å². The Morgan fingerprint density at radius 3 is 2.76 bits per heavy atom. The summed E-state index contributed by atoms with van der Waals surface area (Å²) in [4.78, 5) is 15.2. The van der Waals surface area contributed by atoms with Gasteiger partial charge in [0.2, 0.25) is 0 Å². The van der Waals surface area contributed by atoms with E-state index in [4.69, 9.17) is 5.73 Å². The lowest BCUT2D eigenvalue weighted by Crippen LogP contribution is -2.31. The molecule has 0 fully saturated rings. The van der Waals surface area contributed by atoms with Gasteiger partial charge in [-0.2, -0.15) is 0 Å². The van der Waals surface area contributed by atoms with Crippen LogP contribution in [0.3, 0.4) is 0 Å². The number of ether oxygens (including phenoxy) is 1. The van der Waals surface area contributed by atoms with Gasteiger partial charge in [-0.1, -0.05) is 6.07 Å². The predicted molar refractivity (Wildman–Crippen MR) is 61.0 cm³/mol. The quantitative estimate of drug-likeness (QED) is 0.636. The van der Waals surface area contributed by atoms with Crippen LogP contribution in [0.1, 0.15) is 24.3 Å². The molecule has 2 unspecified atom stereocenters. The zero-order chi connectivity index (χ0) is 13.0. The van der Waals surface area contributed by atoms with E-state index in [2.05, 4.69) is 9.72 Å². The van der Waals surface area contributed by atoms with Gasteiger partial charge in [-0.05, 0) is 25.5 Å². The summed E-state index contributed by atoms with van der Waals surface area (Å²) >= 11 is 0. The second kappa shape index (κ2) is 5.60. The van der Waals surface area contributed by atoms with E-state index in [1.807, 2.05) is 0 Å². The summed E-state index contributed by atoms with van der Waals surface area (Å²) in [5, 5.41) is 19.4. The number of nitrogens with zero attached hydrogens (tertiary/aromatic N) is 1. The lowest BCUT2D eigenvalue weighted by molar-refractivity contribution is -0.159. The maximum Gasteiger partial charge on any atom is 0.338 e. The average molecular weight is 240 g/mol. The molecule has 0 amide bonds. The van der Waals surface area contributed by atoms with Crippen LogP contribution < -0.4 is 5.73 Å². The number of nitrogens with two attached hydrogens (primary N) is 1. The van der Waals surface area contributed by atoms with Crippen LogP contribution in [0.25, 0.3) is 0 Å². The molecule has 94 valence electrons. The van der Waals surface area contributed by atoms with Crippen molar-refractivity contribution in [2.75, 3.05) is 12.3 Å². The van der Waals surface area contributed by atoms with E-state index in [1.54, 1.807) is 26.0 Å². The van der Waals surface area contributed by atoms with Crippen LogP contribution in [0.15, 0.2) is 12.1 Å². The van der Waals surface area contributed by atoms with Crippen molar-refractivity contribution in [2.24, 2.45) is 0 Å². The normalized spacial score (nSPS) is 14.1. The fourth-order valence-electron chi connectivity index (χ4n) is 1.37. The van der Waals surface area contributed by atoms with Gasteiger partial charge in [-0.15, -0.1) is 0 Å². The number of aromatic nitrogens is 1. The molecule has 0 spiro atoms. The summed E-state index contributed by atoms with van der Waals surface area (Å²) in [6.45, 7) is 3.44. The van der Waals surface area contributed by atoms with Crippen molar-refractivity contribution < 1.29 is 19.7 Å². The van der Waals surface area contributed by atoms with E-state index in [0.29, 0.717) is 5.56 Å². The standard InChI is InChI=1S/C11H16N2O4/c1-3-17-11(16)10(15)9(14)8-6(2)4-5-7(12)13-8/h4-5,9-10,14-15H,3H2,1-2H3,(H2,12,13). The fourth-order valence-corrected chi connectivity index (χ4v) is 1.37. The average Bonchev–Trinajstić information content (AvgIpc) is 2.30. The number of hydrogen-bond acceptors (Lipinski definition) is 6. The number of aryl methyl sites for hydroxylation is 1. The van der Waals surface area contributed by atoms with Gasteiger partial charge in [0.1, 0.15) is 11.9 Å². The summed E-state index contributed by atoms with van der Waals surface area (Å²) < 4.78 is 4.61. The number of aliphatic hydroxyl groups excluding tert-OH is 2. The lowest BCUT2D eigenvalue weighted by Gasteiger charge is -2.17. The number of esters is 1. The van der Waals surface area contributed by atoms with Gasteiger partial charge in [-0.3, -0.25) is 0 Å². The van der Waals surface area contributed by atoms with E-state index in [-0.39, 0.29) is 18.1 Å². The highest BCUT2D eigenvalue weighted by atomic mass is 16.5. The van der Waals surface area contributed by atoms with E-state index in [1.165, 1.54) is 0 Å². The molecule has 0 aliphatic heterocycles. The van der Waals surface area contributed by atoms with Crippen molar-refractivity contribution in [1.29, 1.82) is 0 Å². The highest BCUT2D eigenvalue weighted by Crippen LogP contribution is 2.20. The molecule has 0 saturated carbocycles. The molecule has 2 atom stereocenters. The van der Waals surface area contributed by atoms with Gasteiger partial charge in [0.25, 0.3) is 0 Å². The maximum atomic E-state index is 11.3. The minimum absolute atomic E-state index is 0.131. The smallest absolute Gasteiger partial charge is 0.338 e. The summed E-state index contributed by atoms with van der Waals surface area (Å²) in [5.41, 5.74) is 6.29. The molecule has 0 bridgehead atoms. The number of anilines is 1. The maximum absolute atomic E-state index is 11.3. The highest BCUT2D eigenvalue weighted by Gasteiger charge is 2.29. The first kappa shape index (κ1) is 13.4. The van der Waals surface area contributed by atoms with Gasteiger partial charge in [0, 0.05) is 0 Å². The van der Waals surface area contributed by atoms with E-state index < -0.39 is 18.2 Å². The zero-order valence-corrected chi connectivity index (χ0v) is 9.75. The van der Waals surface area contributed by atoms with Gasteiger partial charge in [0.15, 0.2) is 6.10 Å². The Morgan fingerprint density at radius 1 is 1.53 bits per heavy atom. The Bertz CT molecular complexity index is 408. The molecule has 0 radical (unpaired) electrons. The van der Waals surface area contributed by atoms with Crippen molar-refractivity contribution in [3.63, 3.8) is 0 Å². The van der Waals surface area contributed by atoms with Crippen LogP contribution in [-0.2, 0) is 9.53 Å². The van der Waals surface area contributed by atoms with Gasteiger partial charge < -0.3 is 20.7 Å². The highest BCUT2D eigenvalue weighted by molar-refractivity contribution is 5.75. The number of carbonyl (C=O) groups excluding carboxylic acids is 1. The minimum Gasteiger partial charge on any atom is -0.464 e. The molecule has 6 nitrogen and oxygen atoms in total. The minimum atomic E-state index is -1.66. The van der Waals surface area contributed by atoms with Crippen molar-refractivity contribution >= 4 is 11.8 Å². The largest absolute Gasteiger partial charge is 0.464 e. The van der Waals surface area contributed by atoms with Crippen LogP contribution in [0.5, 0.6) is 0 Å². The second-order valence-electron chi connectivity index (χ2n) is 3.58. The number of aliphatic hydroxyl groups is 2. The molecule has 1 aromatic rings. The molecule has 1 aromatic heterocycles. The van der Waals surface area contributed by atoms with Crippen LogP contribution in [-0.4, -0.2) is 33.9 Å². The molecule has 0 saturated heterocycles. The SMILES string of the molecule is CCOC(=O)C(O)C(O)c1nc(N)ccc1C. The molecule has 0 aromatic carbocycles. The van der Waals surface area contributed by atoms with E-state index in [0.717, 1.165) is 0 Å². The third-order valence-electron chi connectivity index (χ3n) is 2.26. The van der Waals surface area contributed by atoms with Crippen LogP contribution >= 0.6 is 0 Å². The van der Waals surface area contributed by atoms with Gasteiger partial charge >= 0.3 is 5.97 Å². The number of nitrogen functional groups attached to an aromatic ring is 1. The summed E-state index contributed by atoms with van der Waals surface area (Å²) in [7, 11) is 0. The first-order valence-corrected chi connectivity index (χ1v) is 5.23. The number of rotatable bonds is 4. The van der Waals surface area contributed by atoms with Crippen molar-refractivity contribution in [1.82, 2.24) is 4.98 Å². The van der Waals surface area contributed by atoms with E-state index >= 15 is 0 Å². The zero-order valence-electron chi connectivity index (χ0n) is 9.75. The van der Waals surface area contributed by atoms with Crippen LogP contribution in [0.2, 0.25) is 0 Å². The van der Waals surface area contributed by atoms with Crippen molar-refractivity contribution in [3.8, 4) is 0 Å². The Balaban J connectivity index is 2.91. The second-order valence-corrected chi connectivity index (χ2v) is 3.58. The number of pyridine rings is 1. The summed E-state index contributed by atoms with van der Waals surface area (Å²) in [6.07, 6.45) is -3.11. The van der Waals surface area contributed by atoms with Crippen molar-refractivity contribution in [3.05, 3.63) is 23.4 Å². The lowest BCUT2D eigenvalue weighted by atomic mass is 10.1. The summed E-state index contributed by atoms with van der Waals surface area (Å²) in [6, 6.07) is 3.22. The predicted octanol–water partition coefficient (Wildman–Crippen LogP) is -0.0704. The molecule has 0 aliphatic rings.